The highest BCUT2D eigenvalue weighted by Crippen LogP contribution is 2.39. The maximum Gasteiger partial charge on any atom is 0.256 e. The van der Waals surface area contributed by atoms with Gasteiger partial charge in [0.2, 0.25) is 0 Å². The first kappa shape index (κ1) is 24.0. The monoisotopic (exact) mass is 459 g/mol. The molecule has 180 valence electrons. The summed E-state index contributed by atoms with van der Waals surface area (Å²) >= 11 is 0. The van der Waals surface area contributed by atoms with Crippen LogP contribution in [0.25, 0.3) is 22.0 Å². The van der Waals surface area contributed by atoms with Gasteiger partial charge in [-0.1, -0.05) is 44.4 Å². The Bertz CT molecular complexity index is 1240. The topological polar surface area (TPSA) is 112 Å². The largest absolute Gasteiger partial charge is 0.399 e. The molecule has 1 aliphatic rings. The van der Waals surface area contributed by atoms with Crippen molar-refractivity contribution < 1.29 is 0 Å². The number of rotatable bonds is 7. The first-order valence-electron chi connectivity index (χ1n) is 12.5. The zero-order valence-electron chi connectivity index (χ0n) is 20.5. The molecule has 0 spiro atoms. The van der Waals surface area contributed by atoms with Gasteiger partial charge in [0.1, 0.15) is 5.84 Å². The molecule has 1 aromatic heterocycles. The number of nitrogens with two attached hydrogens (primary N) is 2. The summed E-state index contributed by atoms with van der Waals surface area (Å²) in [6.45, 7) is 6.91. The number of nitrogen functional groups attached to an aromatic ring is 2. The number of amidine groups is 1. The first-order valence-corrected chi connectivity index (χ1v) is 12.5. The fraction of sp³-hybridized carbons (Fsp3) is 0.429. The van der Waals surface area contributed by atoms with Crippen LogP contribution in [0.2, 0.25) is 0 Å². The molecule has 0 aliphatic carbocycles. The predicted molar refractivity (Wildman–Crippen MR) is 142 cm³/mol. The van der Waals surface area contributed by atoms with E-state index in [-0.39, 0.29) is 17.4 Å². The van der Waals surface area contributed by atoms with Crippen LogP contribution in [0.1, 0.15) is 76.5 Å². The zero-order valence-corrected chi connectivity index (χ0v) is 20.5. The van der Waals surface area contributed by atoms with Gasteiger partial charge in [-0.3, -0.25) is 15.1 Å². The van der Waals surface area contributed by atoms with Gasteiger partial charge in [0, 0.05) is 40.3 Å². The van der Waals surface area contributed by atoms with E-state index in [4.69, 9.17) is 16.9 Å². The third kappa shape index (κ3) is 4.73. The number of anilines is 1. The van der Waals surface area contributed by atoms with Gasteiger partial charge >= 0.3 is 0 Å². The zero-order chi connectivity index (χ0) is 24.4. The third-order valence-corrected chi connectivity index (χ3v) is 7.31. The molecule has 1 saturated heterocycles. The van der Waals surface area contributed by atoms with Crippen molar-refractivity contribution in [3.05, 3.63) is 63.9 Å². The van der Waals surface area contributed by atoms with Crippen LogP contribution in [-0.2, 0) is 0 Å². The maximum absolute atomic E-state index is 13.1. The molecule has 2 heterocycles. The summed E-state index contributed by atoms with van der Waals surface area (Å²) in [5, 5.41) is 8.81. The minimum atomic E-state index is -0.172. The van der Waals surface area contributed by atoms with Gasteiger partial charge in [0.25, 0.3) is 5.56 Å². The minimum absolute atomic E-state index is 0.0137. The number of aromatic nitrogens is 1. The Hall–Kier alpha value is -3.12. The molecule has 0 amide bonds. The Morgan fingerprint density at radius 2 is 1.91 bits per heavy atom. The highest BCUT2D eigenvalue weighted by Gasteiger charge is 2.32. The standard InChI is InChI=1S/C28H37N5O/c1-4-5-12-26(33-17(2)8-6-9-18(33)3)24-14-21(29)15-25-23(24)16-22(28(34)32-25)19-10-7-11-20(13-19)27(30)31/h7,10-11,13-18,26H,4-6,8-9,12,29H2,1-3H3,(H3,30,31)(H,32,34). The number of likely N-dealkylation sites (tertiary alicyclic amines) is 1. The summed E-state index contributed by atoms with van der Waals surface area (Å²) in [6.07, 6.45) is 6.99. The SMILES string of the molecule is CCCCC(c1cc(N)cc2[nH]c(=O)c(-c3cccc(C(=N)N)c3)cc12)N1C(C)CCCC1C. The van der Waals surface area contributed by atoms with Crippen LogP contribution in [0.15, 0.2) is 47.3 Å². The first-order chi connectivity index (χ1) is 16.3. The number of nitrogens with one attached hydrogen (secondary N) is 2. The summed E-state index contributed by atoms with van der Waals surface area (Å²) in [7, 11) is 0. The van der Waals surface area contributed by atoms with E-state index in [1.807, 2.05) is 24.3 Å². The predicted octanol–water partition coefficient (Wildman–Crippen LogP) is 5.56. The smallest absolute Gasteiger partial charge is 0.256 e. The number of fused-ring (bicyclic) bond motifs is 1. The summed E-state index contributed by atoms with van der Waals surface area (Å²) < 4.78 is 0. The Balaban J connectivity index is 1.92. The molecule has 0 bridgehead atoms. The molecule has 34 heavy (non-hydrogen) atoms. The second kappa shape index (κ2) is 10.0. The number of pyridine rings is 1. The lowest BCUT2D eigenvalue weighted by Gasteiger charge is -2.45. The van der Waals surface area contributed by atoms with Crippen LogP contribution in [-0.4, -0.2) is 27.8 Å². The molecule has 0 saturated carbocycles. The van der Waals surface area contributed by atoms with Crippen molar-refractivity contribution in [2.45, 2.75) is 77.4 Å². The van der Waals surface area contributed by atoms with Crippen molar-refractivity contribution in [1.29, 1.82) is 5.41 Å². The van der Waals surface area contributed by atoms with Gasteiger partial charge in [0.05, 0.1) is 5.52 Å². The Morgan fingerprint density at radius 3 is 2.59 bits per heavy atom. The van der Waals surface area contributed by atoms with E-state index in [0.717, 1.165) is 35.7 Å². The van der Waals surface area contributed by atoms with Gasteiger partial charge in [-0.2, -0.15) is 0 Å². The molecule has 3 aromatic rings. The molecule has 1 aliphatic heterocycles. The number of piperidine rings is 1. The second-order valence-corrected chi connectivity index (χ2v) is 9.81. The fourth-order valence-electron chi connectivity index (χ4n) is 5.63. The summed E-state index contributed by atoms with van der Waals surface area (Å²) in [4.78, 5) is 18.9. The van der Waals surface area contributed by atoms with Crippen LogP contribution in [0.3, 0.4) is 0 Å². The van der Waals surface area contributed by atoms with Crippen LogP contribution >= 0.6 is 0 Å². The quantitative estimate of drug-likeness (QED) is 0.211. The van der Waals surface area contributed by atoms with E-state index < -0.39 is 0 Å². The van der Waals surface area contributed by atoms with E-state index in [9.17, 15) is 4.79 Å². The lowest BCUT2D eigenvalue weighted by molar-refractivity contribution is 0.0496. The normalized spacial score (nSPS) is 19.9. The number of aromatic amines is 1. The van der Waals surface area contributed by atoms with Crippen molar-refractivity contribution >= 4 is 22.4 Å². The Kier molecular flexibility index (Phi) is 7.08. The van der Waals surface area contributed by atoms with E-state index in [1.165, 1.54) is 24.8 Å². The molecular formula is C28H37N5O. The molecule has 4 rings (SSSR count). The Morgan fingerprint density at radius 1 is 1.18 bits per heavy atom. The highest BCUT2D eigenvalue weighted by atomic mass is 16.1. The molecule has 6 heteroatoms. The number of hydrogen-bond acceptors (Lipinski definition) is 4. The van der Waals surface area contributed by atoms with Gasteiger partial charge in [-0.05, 0) is 68.5 Å². The van der Waals surface area contributed by atoms with Gasteiger partial charge in [-0.25, -0.2) is 0 Å². The van der Waals surface area contributed by atoms with Crippen LogP contribution in [0, 0.1) is 5.41 Å². The molecule has 2 aromatic carbocycles. The molecular weight excluding hydrogens is 422 g/mol. The van der Waals surface area contributed by atoms with E-state index in [1.54, 1.807) is 12.1 Å². The molecule has 6 nitrogen and oxygen atoms in total. The fourth-order valence-corrected chi connectivity index (χ4v) is 5.63. The van der Waals surface area contributed by atoms with Crippen molar-refractivity contribution in [3.63, 3.8) is 0 Å². The number of H-pyrrole nitrogens is 1. The van der Waals surface area contributed by atoms with E-state index in [0.29, 0.717) is 28.9 Å². The van der Waals surface area contributed by atoms with Crippen LogP contribution < -0.4 is 17.0 Å². The Labute approximate surface area is 201 Å². The maximum atomic E-state index is 13.1. The summed E-state index contributed by atoms with van der Waals surface area (Å²) in [5.74, 6) is -0.0137. The second-order valence-electron chi connectivity index (χ2n) is 9.81. The van der Waals surface area contributed by atoms with E-state index >= 15 is 0 Å². The van der Waals surface area contributed by atoms with Gasteiger partial charge in [-0.15, -0.1) is 0 Å². The molecule has 1 fully saturated rings. The average Bonchev–Trinajstić information content (AvgIpc) is 2.80. The lowest BCUT2D eigenvalue weighted by atomic mass is 9.88. The average molecular weight is 460 g/mol. The summed E-state index contributed by atoms with van der Waals surface area (Å²) in [6, 6.07) is 14.5. The molecule has 3 unspecified atom stereocenters. The number of unbranched alkanes of at least 4 members (excludes halogenated alkanes) is 1. The van der Waals surface area contributed by atoms with Crippen molar-refractivity contribution in [3.8, 4) is 11.1 Å². The van der Waals surface area contributed by atoms with Gasteiger partial charge < -0.3 is 16.5 Å². The molecule has 6 N–H and O–H groups in total. The number of benzene rings is 2. The lowest BCUT2D eigenvalue weighted by Crippen LogP contribution is -2.46. The summed E-state index contributed by atoms with van der Waals surface area (Å²) in [5.41, 5.74) is 16.5. The molecule has 0 radical (unpaired) electrons. The van der Waals surface area contributed by atoms with E-state index in [2.05, 4.69) is 36.7 Å². The number of nitrogens with zero attached hydrogens (tertiary/aromatic N) is 1. The third-order valence-electron chi connectivity index (χ3n) is 7.31. The van der Waals surface area contributed by atoms with Crippen LogP contribution in [0.5, 0.6) is 0 Å². The number of hydrogen-bond donors (Lipinski definition) is 4. The van der Waals surface area contributed by atoms with Crippen molar-refractivity contribution in [2.24, 2.45) is 5.73 Å². The minimum Gasteiger partial charge on any atom is -0.399 e. The molecule has 3 atom stereocenters. The van der Waals surface area contributed by atoms with Crippen molar-refractivity contribution in [1.82, 2.24) is 9.88 Å². The van der Waals surface area contributed by atoms with Crippen molar-refractivity contribution in [2.75, 3.05) is 5.73 Å². The van der Waals surface area contributed by atoms with Crippen LogP contribution in [0.4, 0.5) is 5.69 Å². The highest BCUT2D eigenvalue weighted by molar-refractivity contribution is 5.96. The van der Waals surface area contributed by atoms with Gasteiger partial charge in [0.15, 0.2) is 0 Å².